The Bertz CT molecular complexity index is 4580. The van der Waals surface area contributed by atoms with Crippen molar-refractivity contribution in [1.29, 1.82) is 0 Å². The van der Waals surface area contributed by atoms with Crippen LogP contribution in [0.4, 0.5) is 16.5 Å². The molecule has 9 N–H and O–H groups in total. The smallest absolute Gasteiger partial charge is 0.295 e. The van der Waals surface area contributed by atoms with Crippen LogP contribution < -0.4 is 25.4 Å². The van der Waals surface area contributed by atoms with Gasteiger partial charge in [0.15, 0.2) is 5.71 Å². The monoisotopic (exact) mass is 1310 g/mol. The number of aromatic nitrogens is 2. The van der Waals surface area contributed by atoms with Gasteiger partial charge in [-0.2, -0.15) is 38.2 Å². The molecule has 0 aliphatic carbocycles. The first-order chi connectivity index (χ1) is 39.4. The second kappa shape index (κ2) is 23.9. The molecule has 6 aromatic rings. The molecule has 0 spiro atoms. The van der Waals surface area contributed by atoms with Gasteiger partial charge in [-0.25, -0.2) is 26.7 Å². The predicted molar refractivity (Wildman–Crippen MR) is 316 cm³/mol. The van der Waals surface area contributed by atoms with Crippen LogP contribution in [0.3, 0.4) is 0 Å². The predicted octanol–water partition coefficient (Wildman–Crippen LogP) is 4.95. The number of allylic oxidation sites excluding steroid dienone is 6. The fourth-order valence-electron chi connectivity index (χ4n) is 10.5. The lowest BCUT2D eigenvalue weighted by molar-refractivity contribution is -0.437. The van der Waals surface area contributed by atoms with Crippen LogP contribution in [-0.4, -0.2) is 132 Å². The van der Waals surface area contributed by atoms with Crippen LogP contribution in [-0.2, 0) is 82.7 Å². The highest BCUT2D eigenvalue weighted by Crippen LogP contribution is 2.52. The van der Waals surface area contributed by atoms with E-state index in [9.17, 15) is 78.3 Å². The summed E-state index contributed by atoms with van der Waals surface area (Å²) in [6.07, 6.45) is 8.11. The second-order valence-electron chi connectivity index (χ2n) is 20.7. The number of carbonyl (C=O) groups excluding carboxylic acids is 2. The van der Waals surface area contributed by atoms with Crippen LogP contribution in [0.25, 0.3) is 21.5 Å². The molecule has 454 valence electrons. The highest BCUT2D eigenvalue weighted by atomic mass is 32.3. The number of rotatable bonds is 23. The lowest BCUT2D eigenvalue weighted by atomic mass is 9.79. The molecule has 2 aliphatic heterocycles. The first-order valence-electron chi connectivity index (χ1n) is 25.4. The van der Waals surface area contributed by atoms with Crippen molar-refractivity contribution in [2.75, 3.05) is 41.4 Å². The third-order valence-corrected chi connectivity index (χ3v) is 21.1. The molecule has 8 rings (SSSR count). The number of primary sulfonamides is 1. The number of hydrogen-bond donors (Lipinski definition) is 8. The quantitative estimate of drug-likeness (QED) is 0.0182. The molecular weight excluding hydrogens is 1250 g/mol. The number of nitrogens with zero attached hydrogens (tertiary/aromatic N) is 4. The molecule has 0 unspecified atom stereocenters. The standard InChI is InChI=1S/C52H56N8O18S7/c1-51(2)43(13-6-5-7-14-44-52(3,4)47-38-29-34(84(73,74)75)30-42(85(76,77)78)36(38)20-22-40(47)60(44)26-10-28-81(66,67)68)59(25-9-27-80(63,64)65)39-21-19-35-37(46(39)51)11-8-12-41(35)83(71,72)55-24-23-45(61)54-31-32-15-17-33(18-16-32)48(62)56-49-57-58-50(79-49)82(53,69)70/h5-8,11-22,29-30,55H,9-10,23-28,31H2,1-4H3,(H7-,53,54,56,57,61,62,63,64,65,66,67,68,69,70,73,74,75,76,77,78)/p+1. The molecule has 0 saturated carbocycles. The molecule has 2 aliphatic rings. The molecule has 33 heteroatoms. The Labute approximate surface area is 494 Å². The topological polar surface area (TPSA) is 414 Å². The van der Waals surface area contributed by atoms with E-state index in [-0.39, 0.29) is 71.8 Å². The Morgan fingerprint density at radius 1 is 0.706 bits per heavy atom. The molecule has 85 heavy (non-hydrogen) atoms. The van der Waals surface area contributed by atoms with E-state index in [0.717, 1.165) is 6.07 Å². The highest BCUT2D eigenvalue weighted by Gasteiger charge is 2.46. The number of anilines is 2. The number of nitrogens with two attached hydrogens (primary N) is 1. The van der Waals surface area contributed by atoms with Crippen molar-refractivity contribution >= 4 is 127 Å². The molecule has 1 aromatic heterocycles. The van der Waals surface area contributed by atoms with E-state index in [1.807, 2.05) is 18.7 Å². The average molecular weight is 1310 g/mol. The molecule has 0 bridgehead atoms. The summed E-state index contributed by atoms with van der Waals surface area (Å²) in [5, 5.41) is 18.0. The number of amides is 2. The third kappa shape index (κ3) is 14.4. The molecule has 0 saturated heterocycles. The first-order valence-corrected chi connectivity index (χ1v) is 35.4. The zero-order valence-corrected chi connectivity index (χ0v) is 51.2. The molecule has 0 fully saturated rings. The number of benzene rings is 5. The zero-order chi connectivity index (χ0) is 62.5. The Balaban J connectivity index is 1.02. The maximum atomic E-state index is 14.0. The molecule has 5 aromatic carbocycles. The fourth-order valence-corrected chi connectivity index (χ4v) is 15.4. The van der Waals surface area contributed by atoms with Crippen molar-refractivity contribution in [3.8, 4) is 0 Å². The van der Waals surface area contributed by atoms with Crippen molar-refractivity contribution < 1.29 is 82.9 Å². The largest absolute Gasteiger partial charge is 0.352 e. The Morgan fingerprint density at radius 2 is 1.36 bits per heavy atom. The van der Waals surface area contributed by atoms with Crippen LogP contribution >= 0.6 is 11.3 Å². The minimum Gasteiger partial charge on any atom is -0.352 e. The molecule has 26 nitrogen and oxygen atoms in total. The van der Waals surface area contributed by atoms with Crippen LogP contribution in [0.1, 0.15) is 74.0 Å². The van der Waals surface area contributed by atoms with Gasteiger partial charge in [-0.15, -0.1) is 10.2 Å². The van der Waals surface area contributed by atoms with Gasteiger partial charge in [0.25, 0.3) is 56.4 Å². The average Bonchev–Trinajstić information content (AvgIpc) is 1.65. The van der Waals surface area contributed by atoms with Gasteiger partial charge in [0.2, 0.25) is 31.1 Å². The summed E-state index contributed by atoms with van der Waals surface area (Å²) in [6.45, 7) is 7.12. The van der Waals surface area contributed by atoms with Gasteiger partial charge >= 0.3 is 0 Å². The van der Waals surface area contributed by atoms with Gasteiger partial charge < -0.3 is 10.2 Å². The Morgan fingerprint density at radius 3 is 2.00 bits per heavy atom. The number of nitrogens with one attached hydrogen (secondary N) is 3. The van der Waals surface area contributed by atoms with Crippen molar-refractivity contribution in [3.05, 3.63) is 137 Å². The van der Waals surface area contributed by atoms with Gasteiger partial charge in [0.05, 0.1) is 26.7 Å². The van der Waals surface area contributed by atoms with Crippen LogP contribution in [0.15, 0.2) is 134 Å². The lowest BCUT2D eigenvalue weighted by Gasteiger charge is -2.27. The summed E-state index contributed by atoms with van der Waals surface area (Å²) >= 11 is 0.576. The van der Waals surface area contributed by atoms with E-state index >= 15 is 0 Å². The third-order valence-electron chi connectivity index (χ3n) is 14.1. The van der Waals surface area contributed by atoms with E-state index < -0.39 is 109 Å². The number of sulfonamides is 2. The maximum Gasteiger partial charge on any atom is 0.295 e. The second-order valence-corrected chi connectivity index (χ2v) is 31.1. The molecule has 2 amide bonds. The minimum absolute atomic E-state index is 0.00892. The van der Waals surface area contributed by atoms with Crippen molar-refractivity contribution in [1.82, 2.24) is 20.2 Å². The van der Waals surface area contributed by atoms with Crippen molar-refractivity contribution in [3.63, 3.8) is 0 Å². The fraction of sp³-hybridized carbons (Fsp3) is 0.288. The normalized spacial score (nSPS) is 16.1. The summed E-state index contributed by atoms with van der Waals surface area (Å²) in [7, 11) is -27.2. The Hall–Kier alpha value is -6.73. The van der Waals surface area contributed by atoms with Crippen LogP contribution in [0.2, 0.25) is 0 Å². The van der Waals surface area contributed by atoms with E-state index in [1.165, 1.54) is 30.3 Å². The summed E-state index contributed by atoms with van der Waals surface area (Å²) in [5.74, 6) is -2.29. The van der Waals surface area contributed by atoms with Gasteiger partial charge in [-0.1, -0.05) is 73.7 Å². The van der Waals surface area contributed by atoms with Crippen LogP contribution in [0, 0.1) is 0 Å². The summed E-state index contributed by atoms with van der Waals surface area (Å²) in [6, 6.07) is 18.7. The number of fused-ring (bicyclic) bond motifs is 6. The molecule has 3 heterocycles. The maximum absolute atomic E-state index is 14.0. The lowest BCUT2D eigenvalue weighted by Crippen LogP contribution is -2.30. The van der Waals surface area contributed by atoms with Crippen molar-refractivity contribution in [2.45, 2.75) is 83.4 Å². The number of hydrogen-bond acceptors (Lipinski definition) is 18. The van der Waals surface area contributed by atoms with Gasteiger partial charge in [-0.05, 0) is 90.7 Å². The Kier molecular flexibility index (Phi) is 18.0. The highest BCUT2D eigenvalue weighted by molar-refractivity contribution is 7.91. The van der Waals surface area contributed by atoms with Gasteiger partial charge in [0.1, 0.15) is 11.4 Å². The zero-order valence-electron chi connectivity index (χ0n) is 45.5. The van der Waals surface area contributed by atoms with E-state index in [0.29, 0.717) is 67.6 Å². The van der Waals surface area contributed by atoms with E-state index in [1.54, 1.807) is 85.2 Å². The van der Waals surface area contributed by atoms with Crippen LogP contribution in [0.5, 0.6) is 0 Å². The minimum atomic E-state index is -5.05. The molecule has 0 radical (unpaired) electrons. The molecule has 0 atom stereocenters. The molecular formula is C52H57N8O18S7+. The first kappa shape index (κ1) is 64.3. The van der Waals surface area contributed by atoms with Gasteiger partial charge in [0, 0.05) is 83.3 Å². The van der Waals surface area contributed by atoms with E-state index in [2.05, 4.69) is 25.6 Å². The summed E-state index contributed by atoms with van der Waals surface area (Å²) in [4.78, 5) is 25.8. The van der Waals surface area contributed by atoms with E-state index in [4.69, 9.17) is 5.14 Å². The number of carbonyl (C=O) groups is 2. The SMILES string of the molecule is CC1(C)C(/C=C/C=C/C=C2/N(CCCS(=O)(=O)O)c3ccc4c(S(=O)(=O)NCCC(=O)NCc5ccc(C(=O)Nc6nnc(S(N)(=O)=O)s6)cc5)cccc4c3C2(C)C)=[N+](CCCS(=O)(=O)O)c2ccc3c(S(=O)(=O)O)cc(S(=O)(=O)O)cc3c21. The summed E-state index contributed by atoms with van der Waals surface area (Å²) < 4.78 is 192. The van der Waals surface area contributed by atoms with Crippen molar-refractivity contribution in [2.24, 2.45) is 5.14 Å². The summed E-state index contributed by atoms with van der Waals surface area (Å²) in [5.41, 5.74) is 2.02. The van der Waals surface area contributed by atoms with Gasteiger partial charge in [-0.3, -0.25) is 33.1 Å².